The molecule has 1 aliphatic carbocycles. The highest BCUT2D eigenvalue weighted by molar-refractivity contribution is 6.10. The van der Waals surface area contributed by atoms with Gasteiger partial charge in [0.2, 0.25) is 0 Å². The fraction of sp³-hybridized carbons (Fsp3) is 0.161. The third-order valence-corrected chi connectivity index (χ3v) is 6.46. The van der Waals surface area contributed by atoms with Crippen LogP contribution in [0.25, 0.3) is 27.5 Å². The highest BCUT2D eigenvalue weighted by Crippen LogP contribution is 2.38. The molecule has 5 rings (SSSR count). The first-order valence-corrected chi connectivity index (χ1v) is 11.8. The molecule has 0 N–H and O–H groups in total. The first kappa shape index (κ1) is 21.1. The molecule has 0 bridgehead atoms. The molecule has 0 aliphatic heterocycles. The smallest absolute Gasteiger partial charge is 0.0542 e. The van der Waals surface area contributed by atoms with Crippen LogP contribution < -0.4 is 4.90 Å². The van der Waals surface area contributed by atoms with Gasteiger partial charge < -0.3 is 9.47 Å². The third kappa shape index (κ3) is 3.72. The predicted octanol–water partition coefficient (Wildman–Crippen LogP) is 8.69. The van der Waals surface area contributed by atoms with Crippen molar-refractivity contribution in [2.45, 2.75) is 33.1 Å². The van der Waals surface area contributed by atoms with Gasteiger partial charge in [0.25, 0.3) is 0 Å². The van der Waals surface area contributed by atoms with Crippen LogP contribution in [0.5, 0.6) is 0 Å². The van der Waals surface area contributed by atoms with Crippen molar-refractivity contribution in [1.82, 2.24) is 4.57 Å². The maximum atomic E-state index is 4.44. The highest BCUT2D eigenvalue weighted by Gasteiger charge is 2.20. The maximum Gasteiger partial charge on any atom is 0.0542 e. The van der Waals surface area contributed by atoms with Crippen molar-refractivity contribution < 1.29 is 0 Å². The lowest BCUT2D eigenvalue weighted by Gasteiger charge is -2.31. The van der Waals surface area contributed by atoms with E-state index in [1.807, 2.05) is 0 Å². The van der Waals surface area contributed by atoms with E-state index in [-0.39, 0.29) is 0 Å². The van der Waals surface area contributed by atoms with Gasteiger partial charge in [-0.05, 0) is 74.2 Å². The van der Waals surface area contributed by atoms with E-state index in [4.69, 9.17) is 0 Å². The number of benzene rings is 3. The van der Waals surface area contributed by atoms with Gasteiger partial charge in [0, 0.05) is 33.5 Å². The number of para-hydroxylation sites is 2. The van der Waals surface area contributed by atoms with E-state index in [0.717, 1.165) is 30.6 Å². The van der Waals surface area contributed by atoms with E-state index >= 15 is 0 Å². The lowest BCUT2D eigenvalue weighted by Crippen LogP contribution is -2.22. The first-order valence-electron chi connectivity index (χ1n) is 11.8. The summed E-state index contributed by atoms with van der Waals surface area (Å²) in [5.74, 6) is 0. The van der Waals surface area contributed by atoms with Gasteiger partial charge in [-0.25, -0.2) is 0 Å². The molecule has 33 heavy (non-hydrogen) atoms. The fourth-order valence-electron chi connectivity index (χ4n) is 5.00. The van der Waals surface area contributed by atoms with E-state index in [1.165, 1.54) is 38.8 Å². The van der Waals surface area contributed by atoms with Crippen molar-refractivity contribution in [3.63, 3.8) is 0 Å². The van der Waals surface area contributed by atoms with Crippen molar-refractivity contribution in [2.75, 3.05) is 4.90 Å². The molecule has 0 saturated carbocycles. The molecule has 1 aromatic heterocycles. The molecular formula is C31H30N2. The predicted molar refractivity (Wildman–Crippen MR) is 143 cm³/mol. The lowest BCUT2D eigenvalue weighted by atomic mass is 9.98. The zero-order chi connectivity index (χ0) is 22.8. The molecule has 3 aromatic carbocycles. The average Bonchev–Trinajstić information content (AvgIpc) is 3.19. The largest absolute Gasteiger partial charge is 0.315 e. The molecule has 1 aliphatic rings. The van der Waals surface area contributed by atoms with Gasteiger partial charge in [-0.3, -0.25) is 0 Å². The monoisotopic (exact) mass is 430 g/mol. The van der Waals surface area contributed by atoms with Crippen molar-refractivity contribution in [3.8, 4) is 5.69 Å². The van der Waals surface area contributed by atoms with Crippen LogP contribution in [0.1, 0.15) is 33.1 Å². The Morgan fingerprint density at radius 1 is 0.970 bits per heavy atom. The van der Waals surface area contributed by atoms with Gasteiger partial charge in [-0.15, -0.1) is 0 Å². The first-order chi connectivity index (χ1) is 16.2. The van der Waals surface area contributed by atoms with Crippen molar-refractivity contribution in [2.24, 2.45) is 0 Å². The lowest BCUT2D eigenvalue weighted by molar-refractivity contribution is 0.863. The number of hydrogen-bond acceptors (Lipinski definition) is 1. The molecule has 0 unspecified atom stereocenters. The molecule has 0 saturated heterocycles. The Bertz CT molecular complexity index is 1410. The molecule has 2 nitrogen and oxygen atoms in total. The summed E-state index contributed by atoms with van der Waals surface area (Å²) in [4.78, 5) is 2.36. The standard InChI is InChI=1S/C31H30N2/c1-4-13-23(3)32(29-18-11-9-14-24(29)5-2)26-20-21-31-28(22-26)27-17-10-12-19-30(27)33(31)25-15-7-6-8-16-25/h4,6-10,12-17,19-22H,3,5,11,18H2,1-2H3/b13-4-. The third-order valence-electron chi connectivity index (χ3n) is 6.46. The van der Waals surface area contributed by atoms with Gasteiger partial charge in [-0.1, -0.05) is 68.1 Å². The number of anilines is 1. The Hall–Kier alpha value is -3.78. The summed E-state index contributed by atoms with van der Waals surface area (Å²) < 4.78 is 2.36. The van der Waals surface area contributed by atoms with Crippen LogP contribution in [-0.2, 0) is 0 Å². The van der Waals surface area contributed by atoms with E-state index < -0.39 is 0 Å². The van der Waals surface area contributed by atoms with Gasteiger partial charge in [0.1, 0.15) is 0 Å². The quantitative estimate of drug-likeness (QED) is 0.278. The second-order valence-corrected chi connectivity index (χ2v) is 8.48. The number of hydrogen-bond donors (Lipinski definition) is 0. The molecular weight excluding hydrogens is 400 g/mol. The summed E-state index contributed by atoms with van der Waals surface area (Å²) in [6, 6.07) is 26.1. The molecule has 0 amide bonds. The number of rotatable bonds is 6. The molecule has 4 aromatic rings. The van der Waals surface area contributed by atoms with E-state index in [0.29, 0.717) is 0 Å². The van der Waals surface area contributed by atoms with Crippen LogP contribution >= 0.6 is 0 Å². The number of allylic oxidation sites excluding steroid dienone is 6. The molecule has 164 valence electrons. The van der Waals surface area contributed by atoms with Gasteiger partial charge in [0.15, 0.2) is 0 Å². The number of nitrogens with zero attached hydrogens (tertiary/aromatic N) is 2. The molecule has 0 radical (unpaired) electrons. The zero-order valence-corrected chi connectivity index (χ0v) is 19.5. The van der Waals surface area contributed by atoms with Crippen LogP contribution in [0.3, 0.4) is 0 Å². The fourth-order valence-corrected chi connectivity index (χ4v) is 5.00. The summed E-state index contributed by atoms with van der Waals surface area (Å²) in [6.45, 7) is 8.72. The zero-order valence-electron chi connectivity index (χ0n) is 19.5. The number of aromatic nitrogens is 1. The van der Waals surface area contributed by atoms with Crippen LogP contribution in [-0.4, -0.2) is 4.57 Å². The van der Waals surface area contributed by atoms with Crippen LogP contribution in [0.4, 0.5) is 5.69 Å². The SMILES string of the molecule is C=C(/C=C\C)N(C1=C(CC)C=CCC1)c1ccc2c(c1)c1ccccc1n2-c1ccccc1. The molecule has 0 atom stereocenters. The summed E-state index contributed by atoms with van der Waals surface area (Å²) >= 11 is 0. The summed E-state index contributed by atoms with van der Waals surface area (Å²) in [6.07, 6.45) is 11.9. The Kier molecular flexibility index (Phi) is 5.75. The molecule has 2 heteroatoms. The second-order valence-electron chi connectivity index (χ2n) is 8.48. The van der Waals surface area contributed by atoms with Crippen LogP contribution in [0, 0.1) is 0 Å². The molecule has 0 fully saturated rings. The minimum Gasteiger partial charge on any atom is -0.315 e. The Morgan fingerprint density at radius 2 is 1.73 bits per heavy atom. The van der Waals surface area contributed by atoms with Crippen LogP contribution in [0.2, 0.25) is 0 Å². The average molecular weight is 431 g/mol. The van der Waals surface area contributed by atoms with E-state index in [9.17, 15) is 0 Å². The molecule has 1 heterocycles. The Morgan fingerprint density at radius 3 is 2.52 bits per heavy atom. The van der Waals surface area contributed by atoms with Gasteiger partial charge in [-0.2, -0.15) is 0 Å². The normalized spacial score (nSPS) is 14.0. The van der Waals surface area contributed by atoms with Gasteiger partial charge >= 0.3 is 0 Å². The maximum absolute atomic E-state index is 4.44. The summed E-state index contributed by atoms with van der Waals surface area (Å²) in [5, 5.41) is 2.53. The Labute approximate surface area is 196 Å². The van der Waals surface area contributed by atoms with Crippen molar-refractivity contribution >= 4 is 27.5 Å². The highest BCUT2D eigenvalue weighted by atomic mass is 15.2. The van der Waals surface area contributed by atoms with E-state index in [2.05, 4.69) is 127 Å². The van der Waals surface area contributed by atoms with Crippen LogP contribution in [0.15, 0.2) is 121 Å². The van der Waals surface area contributed by atoms with E-state index in [1.54, 1.807) is 0 Å². The van der Waals surface area contributed by atoms with Crippen molar-refractivity contribution in [3.05, 3.63) is 121 Å². The molecule has 0 spiro atoms. The summed E-state index contributed by atoms with van der Waals surface area (Å²) in [5.41, 5.74) is 8.53. The Balaban J connectivity index is 1.76. The number of fused-ring (bicyclic) bond motifs is 3. The topological polar surface area (TPSA) is 8.17 Å². The minimum atomic E-state index is 1.000. The second kappa shape index (κ2) is 8.99. The van der Waals surface area contributed by atoms with Gasteiger partial charge in [0.05, 0.1) is 11.0 Å². The summed E-state index contributed by atoms with van der Waals surface area (Å²) in [7, 11) is 0. The van der Waals surface area contributed by atoms with Crippen molar-refractivity contribution in [1.29, 1.82) is 0 Å². The minimum absolute atomic E-state index is 1.000.